The summed E-state index contributed by atoms with van der Waals surface area (Å²) in [5.74, 6) is -0.359. The van der Waals surface area contributed by atoms with Gasteiger partial charge in [-0.05, 0) is 37.5 Å². The molecule has 1 aromatic carbocycles. The molecule has 0 heterocycles. The molecule has 118 valence electrons. The highest BCUT2D eigenvalue weighted by atomic mass is 35.5. The first kappa shape index (κ1) is 16.7. The molecule has 2 rings (SSSR count). The van der Waals surface area contributed by atoms with Gasteiger partial charge in [0.1, 0.15) is 5.82 Å². The molecule has 0 radical (unpaired) electrons. The number of hydrogen-bond acceptors (Lipinski definition) is 2. The molecule has 1 aliphatic carbocycles. The lowest BCUT2D eigenvalue weighted by Gasteiger charge is -2.37. The minimum absolute atomic E-state index is 0.267. The Kier molecular flexibility index (Phi) is 6.03. The van der Waals surface area contributed by atoms with Crippen LogP contribution in [0.3, 0.4) is 0 Å². The number of benzene rings is 1. The first-order valence-electron chi connectivity index (χ1n) is 7.83. The molecule has 0 aromatic heterocycles. The zero-order chi connectivity index (χ0) is 15.3. The molecule has 1 saturated carbocycles. The third kappa shape index (κ3) is 4.18. The minimum Gasteiger partial charge on any atom is -0.390 e. The minimum atomic E-state index is -0.689. The van der Waals surface area contributed by atoms with Crippen molar-refractivity contribution >= 4 is 11.6 Å². The lowest BCUT2D eigenvalue weighted by molar-refractivity contribution is -0.128. The molecule has 0 spiro atoms. The van der Waals surface area contributed by atoms with E-state index in [0.717, 1.165) is 25.7 Å². The van der Waals surface area contributed by atoms with E-state index in [2.05, 4.69) is 0 Å². The third-order valence-electron chi connectivity index (χ3n) is 4.42. The van der Waals surface area contributed by atoms with Crippen LogP contribution in [0, 0.1) is 5.82 Å². The van der Waals surface area contributed by atoms with Gasteiger partial charge in [0.15, 0.2) is 0 Å². The van der Waals surface area contributed by atoms with E-state index < -0.39 is 11.7 Å². The summed E-state index contributed by atoms with van der Waals surface area (Å²) in [5.41, 5.74) is -0.0349. The molecule has 0 bridgehead atoms. The number of ether oxygens (including phenoxy) is 1. The normalized spacial score (nSPS) is 20.0. The highest BCUT2D eigenvalue weighted by molar-refractivity contribution is 6.30. The molecule has 1 N–H and O–H groups in total. The van der Waals surface area contributed by atoms with Gasteiger partial charge < -0.3 is 9.84 Å². The largest absolute Gasteiger partial charge is 0.390 e. The third-order valence-corrected chi connectivity index (χ3v) is 4.65. The van der Waals surface area contributed by atoms with Crippen molar-refractivity contribution < 1.29 is 14.2 Å². The van der Waals surface area contributed by atoms with Crippen LogP contribution in [0.25, 0.3) is 0 Å². The van der Waals surface area contributed by atoms with Crippen LogP contribution >= 0.6 is 11.6 Å². The van der Waals surface area contributed by atoms with E-state index >= 15 is 0 Å². The molecule has 0 amide bonds. The van der Waals surface area contributed by atoms with Crippen molar-refractivity contribution in [2.75, 3.05) is 6.61 Å². The Labute approximate surface area is 131 Å². The van der Waals surface area contributed by atoms with Crippen LogP contribution in [-0.2, 0) is 11.2 Å². The second kappa shape index (κ2) is 7.57. The number of aliphatic hydroxyl groups is 1. The highest BCUT2D eigenvalue weighted by Crippen LogP contribution is 2.35. The van der Waals surface area contributed by atoms with Crippen molar-refractivity contribution in [2.24, 2.45) is 0 Å². The van der Waals surface area contributed by atoms with Crippen molar-refractivity contribution in [2.45, 2.75) is 63.6 Å². The second-order valence-corrected chi connectivity index (χ2v) is 6.30. The van der Waals surface area contributed by atoms with Crippen LogP contribution in [0.1, 0.15) is 51.0 Å². The standard InChI is InChI=1S/C17H24ClFO2/c1-2-21-17(9-5-3-4-6-10-17)16(20)11-13-7-8-14(18)12-15(13)19/h7-8,12,16,20H,2-6,9-11H2,1H3. The summed E-state index contributed by atoms with van der Waals surface area (Å²) in [6, 6.07) is 4.61. The van der Waals surface area contributed by atoms with Gasteiger partial charge >= 0.3 is 0 Å². The monoisotopic (exact) mass is 314 g/mol. The molecule has 21 heavy (non-hydrogen) atoms. The maximum Gasteiger partial charge on any atom is 0.127 e. The predicted molar refractivity (Wildman–Crippen MR) is 83.2 cm³/mol. The van der Waals surface area contributed by atoms with Gasteiger partial charge in [-0.1, -0.05) is 43.4 Å². The fourth-order valence-corrected chi connectivity index (χ4v) is 3.43. The average Bonchev–Trinajstić information content (AvgIpc) is 2.69. The number of aliphatic hydroxyl groups excluding tert-OH is 1. The molecule has 1 aliphatic rings. The van der Waals surface area contributed by atoms with Gasteiger partial charge in [0.05, 0.1) is 11.7 Å². The fraction of sp³-hybridized carbons (Fsp3) is 0.647. The van der Waals surface area contributed by atoms with Crippen molar-refractivity contribution in [1.82, 2.24) is 0 Å². The summed E-state index contributed by atoms with van der Waals surface area (Å²) in [6.45, 7) is 2.52. The first-order valence-corrected chi connectivity index (χ1v) is 8.21. The van der Waals surface area contributed by atoms with Crippen molar-refractivity contribution in [3.05, 3.63) is 34.6 Å². The lowest BCUT2D eigenvalue weighted by atomic mass is 9.84. The summed E-state index contributed by atoms with van der Waals surface area (Å²) in [5, 5.41) is 11.1. The summed E-state index contributed by atoms with van der Waals surface area (Å²) in [4.78, 5) is 0. The van der Waals surface area contributed by atoms with Crippen LogP contribution in [0.4, 0.5) is 4.39 Å². The second-order valence-electron chi connectivity index (χ2n) is 5.87. The quantitative estimate of drug-likeness (QED) is 0.810. The van der Waals surface area contributed by atoms with Gasteiger partial charge in [-0.25, -0.2) is 4.39 Å². The fourth-order valence-electron chi connectivity index (χ4n) is 3.27. The van der Waals surface area contributed by atoms with E-state index in [9.17, 15) is 9.50 Å². The lowest BCUT2D eigenvalue weighted by Crippen LogP contribution is -2.46. The molecular formula is C17H24ClFO2. The summed E-state index contributed by atoms with van der Waals surface area (Å²) >= 11 is 5.77. The van der Waals surface area contributed by atoms with Gasteiger partial charge in [-0.3, -0.25) is 0 Å². The van der Waals surface area contributed by atoms with Gasteiger partial charge in [0, 0.05) is 18.1 Å². The zero-order valence-electron chi connectivity index (χ0n) is 12.6. The predicted octanol–water partition coefficient (Wildman–Crippen LogP) is 4.51. The maximum absolute atomic E-state index is 13.9. The van der Waals surface area contributed by atoms with E-state index in [1.165, 1.54) is 18.9 Å². The smallest absolute Gasteiger partial charge is 0.127 e. The van der Waals surface area contributed by atoms with E-state index in [1.54, 1.807) is 12.1 Å². The molecule has 1 unspecified atom stereocenters. The van der Waals surface area contributed by atoms with Gasteiger partial charge in [-0.2, -0.15) is 0 Å². The Balaban J connectivity index is 2.15. The van der Waals surface area contributed by atoms with Crippen LogP contribution in [-0.4, -0.2) is 23.4 Å². The summed E-state index contributed by atoms with van der Waals surface area (Å²) < 4.78 is 19.9. The topological polar surface area (TPSA) is 29.5 Å². The molecule has 1 aromatic rings. The number of rotatable bonds is 5. The summed E-state index contributed by atoms with van der Waals surface area (Å²) in [7, 11) is 0. The number of hydrogen-bond donors (Lipinski definition) is 1. The maximum atomic E-state index is 13.9. The van der Waals surface area contributed by atoms with Crippen molar-refractivity contribution in [3.63, 3.8) is 0 Å². The Morgan fingerprint density at radius 1 is 1.29 bits per heavy atom. The molecule has 0 aliphatic heterocycles. The van der Waals surface area contributed by atoms with Crippen molar-refractivity contribution in [3.8, 4) is 0 Å². The Hall–Kier alpha value is -0.640. The van der Waals surface area contributed by atoms with Crippen LogP contribution in [0.5, 0.6) is 0 Å². The van der Waals surface area contributed by atoms with E-state index in [0.29, 0.717) is 17.2 Å². The van der Waals surface area contributed by atoms with Crippen molar-refractivity contribution in [1.29, 1.82) is 0 Å². The molecule has 1 fully saturated rings. The SMILES string of the molecule is CCOC1(C(O)Cc2ccc(Cl)cc2F)CCCCCC1. The number of halogens is 2. The Morgan fingerprint density at radius 2 is 1.95 bits per heavy atom. The molecule has 0 saturated heterocycles. The van der Waals surface area contributed by atoms with Crippen LogP contribution in [0.15, 0.2) is 18.2 Å². The van der Waals surface area contributed by atoms with Gasteiger partial charge in [0.2, 0.25) is 0 Å². The Bertz CT molecular complexity index is 456. The average molecular weight is 315 g/mol. The molecular weight excluding hydrogens is 291 g/mol. The molecule has 1 atom stereocenters. The zero-order valence-corrected chi connectivity index (χ0v) is 13.3. The van der Waals surface area contributed by atoms with Crippen LogP contribution < -0.4 is 0 Å². The molecule has 2 nitrogen and oxygen atoms in total. The van der Waals surface area contributed by atoms with Gasteiger partial charge in [-0.15, -0.1) is 0 Å². The van der Waals surface area contributed by atoms with Gasteiger partial charge in [0.25, 0.3) is 0 Å². The Morgan fingerprint density at radius 3 is 2.52 bits per heavy atom. The van der Waals surface area contributed by atoms with E-state index in [4.69, 9.17) is 16.3 Å². The molecule has 4 heteroatoms. The van der Waals surface area contributed by atoms with E-state index in [1.807, 2.05) is 6.92 Å². The summed E-state index contributed by atoms with van der Waals surface area (Å²) in [6.07, 6.45) is 5.73. The highest BCUT2D eigenvalue weighted by Gasteiger charge is 2.39. The first-order chi connectivity index (χ1) is 10.1. The van der Waals surface area contributed by atoms with E-state index in [-0.39, 0.29) is 12.2 Å². The van der Waals surface area contributed by atoms with Crippen LogP contribution in [0.2, 0.25) is 5.02 Å².